The highest BCUT2D eigenvalue weighted by Gasteiger charge is 2.37. The molecule has 3 rings (SSSR count). The van der Waals surface area contributed by atoms with E-state index < -0.39 is 0 Å². The standard InChI is InChI=1S/C14H12Cl2N2O/c15-11-5-4-9(6-12(11)16)14(19)18-17-13-7-8-2-1-3-10(8)13/h1-2,4-6,8,10H,3,7H2,(H,18,19). The maximum atomic E-state index is 11.9. The third-order valence-electron chi connectivity index (χ3n) is 3.65. The molecule has 19 heavy (non-hydrogen) atoms. The van der Waals surface area contributed by atoms with Crippen molar-refractivity contribution in [2.24, 2.45) is 16.9 Å². The quantitative estimate of drug-likeness (QED) is 0.656. The van der Waals surface area contributed by atoms with Crippen molar-refractivity contribution in [1.82, 2.24) is 5.43 Å². The van der Waals surface area contributed by atoms with E-state index in [0.717, 1.165) is 18.6 Å². The van der Waals surface area contributed by atoms with Gasteiger partial charge in [-0.05, 0) is 37.0 Å². The van der Waals surface area contributed by atoms with Gasteiger partial charge >= 0.3 is 0 Å². The number of nitrogens with zero attached hydrogens (tertiary/aromatic N) is 1. The van der Waals surface area contributed by atoms with Crippen molar-refractivity contribution < 1.29 is 4.79 Å². The van der Waals surface area contributed by atoms with Gasteiger partial charge in [0, 0.05) is 17.2 Å². The number of benzene rings is 1. The summed E-state index contributed by atoms with van der Waals surface area (Å²) in [5, 5.41) is 5.00. The molecule has 1 aromatic rings. The Morgan fingerprint density at radius 1 is 1.32 bits per heavy atom. The summed E-state index contributed by atoms with van der Waals surface area (Å²) in [6.45, 7) is 0. The van der Waals surface area contributed by atoms with Gasteiger partial charge in [-0.1, -0.05) is 35.4 Å². The summed E-state index contributed by atoms with van der Waals surface area (Å²) in [7, 11) is 0. The van der Waals surface area contributed by atoms with Crippen molar-refractivity contribution >= 4 is 34.8 Å². The largest absolute Gasteiger partial charge is 0.271 e. The normalized spacial score (nSPS) is 26.1. The molecule has 0 aromatic heterocycles. The van der Waals surface area contributed by atoms with Gasteiger partial charge in [-0.3, -0.25) is 4.79 Å². The van der Waals surface area contributed by atoms with E-state index in [-0.39, 0.29) is 5.91 Å². The van der Waals surface area contributed by atoms with E-state index in [2.05, 4.69) is 22.7 Å². The summed E-state index contributed by atoms with van der Waals surface area (Å²) >= 11 is 11.7. The zero-order chi connectivity index (χ0) is 13.4. The third kappa shape index (κ3) is 2.40. The van der Waals surface area contributed by atoms with Gasteiger partial charge < -0.3 is 0 Å². The second kappa shape index (κ2) is 4.99. The van der Waals surface area contributed by atoms with Crippen molar-refractivity contribution in [1.29, 1.82) is 0 Å². The topological polar surface area (TPSA) is 41.5 Å². The number of hydrazone groups is 1. The Morgan fingerprint density at radius 2 is 2.16 bits per heavy atom. The molecule has 3 nitrogen and oxygen atoms in total. The summed E-state index contributed by atoms with van der Waals surface area (Å²) in [5.41, 5.74) is 4.11. The molecule has 1 N–H and O–H groups in total. The van der Waals surface area contributed by atoms with Crippen LogP contribution < -0.4 is 5.43 Å². The van der Waals surface area contributed by atoms with E-state index >= 15 is 0 Å². The Balaban J connectivity index is 1.65. The lowest BCUT2D eigenvalue weighted by Crippen LogP contribution is -2.35. The van der Waals surface area contributed by atoms with Gasteiger partial charge in [0.05, 0.1) is 10.0 Å². The van der Waals surface area contributed by atoms with Crippen LogP contribution in [0.2, 0.25) is 10.0 Å². The first kappa shape index (κ1) is 12.7. The molecule has 0 aliphatic heterocycles. The zero-order valence-corrected chi connectivity index (χ0v) is 11.6. The van der Waals surface area contributed by atoms with Crippen molar-refractivity contribution in [3.63, 3.8) is 0 Å². The van der Waals surface area contributed by atoms with Gasteiger partial charge in [0.15, 0.2) is 0 Å². The van der Waals surface area contributed by atoms with E-state index in [1.807, 2.05) is 0 Å². The van der Waals surface area contributed by atoms with Crippen LogP contribution in [0.4, 0.5) is 0 Å². The van der Waals surface area contributed by atoms with Gasteiger partial charge in [-0.15, -0.1) is 0 Å². The van der Waals surface area contributed by atoms with Crippen molar-refractivity contribution in [3.8, 4) is 0 Å². The molecule has 2 aliphatic carbocycles. The minimum absolute atomic E-state index is 0.263. The summed E-state index contributed by atoms with van der Waals surface area (Å²) < 4.78 is 0. The molecule has 0 spiro atoms. The second-order valence-corrected chi connectivity index (χ2v) is 5.63. The molecule has 0 heterocycles. The highest BCUT2D eigenvalue weighted by Crippen LogP contribution is 2.40. The predicted octanol–water partition coefficient (Wildman–Crippen LogP) is 3.68. The molecule has 1 amide bonds. The number of allylic oxidation sites excluding steroid dienone is 2. The molecule has 2 atom stereocenters. The Kier molecular flexibility index (Phi) is 3.33. The number of hydrogen-bond donors (Lipinski definition) is 1. The van der Waals surface area contributed by atoms with E-state index in [0.29, 0.717) is 27.4 Å². The van der Waals surface area contributed by atoms with Crippen molar-refractivity contribution in [2.45, 2.75) is 12.8 Å². The molecule has 0 radical (unpaired) electrons. The fourth-order valence-corrected chi connectivity index (χ4v) is 2.79. The Morgan fingerprint density at radius 3 is 2.89 bits per heavy atom. The fourth-order valence-electron chi connectivity index (χ4n) is 2.49. The van der Waals surface area contributed by atoms with Crippen LogP contribution in [0.3, 0.4) is 0 Å². The van der Waals surface area contributed by atoms with Gasteiger partial charge in [0.2, 0.25) is 0 Å². The number of hydrogen-bond acceptors (Lipinski definition) is 2. The molecule has 0 saturated heterocycles. The Hall–Kier alpha value is -1.32. The lowest BCUT2D eigenvalue weighted by Gasteiger charge is -2.31. The number of nitrogens with one attached hydrogen (secondary N) is 1. The summed E-state index contributed by atoms with van der Waals surface area (Å²) in [6.07, 6.45) is 6.39. The minimum Gasteiger partial charge on any atom is -0.267 e. The molecular formula is C14H12Cl2N2O. The van der Waals surface area contributed by atoms with Crippen LogP contribution in [0.25, 0.3) is 0 Å². The maximum absolute atomic E-state index is 11.9. The van der Waals surface area contributed by atoms with E-state index in [9.17, 15) is 4.79 Å². The number of fused-ring (bicyclic) bond motifs is 1. The maximum Gasteiger partial charge on any atom is 0.271 e. The first-order valence-electron chi connectivity index (χ1n) is 6.13. The van der Waals surface area contributed by atoms with Crippen LogP contribution in [-0.4, -0.2) is 11.6 Å². The molecule has 98 valence electrons. The van der Waals surface area contributed by atoms with Crippen LogP contribution >= 0.6 is 23.2 Å². The predicted molar refractivity (Wildman–Crippen MR) is 76.7 cm³/mol. The average molecular weight is 295 g/mol. The Bertz CT molecular complexity index is 595. The first-order valence-corrected chi connectivity index (χ1v) is 6.89. The van der Waals surface area contributed by atoms with Crippen LogP contribution in [0.1, 0.15) is 23.2 Å². The highest BCUT2D eigenvalue weighted by atomic mass is 35.5. The fraction of sp³-hybridized carbons (Fsp3) is 0.286. The third-order valence-corrected chi connectivity index (χ3v) is 4.38. The van der Waals surface area contributed by atoms with Crippen LogP contribution in [0.15, 0.2) is 35.5 Å². The molecule has 0 bridgehead atoms. The van der Waals surface area contributed by atoms with Crippen LogP contribution in [-0.2, 0) is 0 Å². The van der Waals surface area contributed by atoms with Gasteiger partial charge in [0.1, 0.15) is 0 Å². The molecule has 1 fully saturated rings. The molecule has 5 heteroatoms. The monoisotopic (exact) mass is 294 g/mol. The number of carbonyl (C=O) groups excluding carboxylic acids is 1. The number of carbonyl (C=O) groups is 1. The van der Waals surface area contributed by atoms with E-state index in [1.165, 1.54) is 0 Å². The van der Waals surface area contributed by atoms with E-state index in [1.54, 1.807) is 18.2 Å². The number of amides is 1. The summed E-state index contributed by atoms with van der Waals surface area (Å²) in [4.78, 5) is 11.9. The van der Waals surface area contributed by atoms with Crippen molar-refractivity contribution in [3.05, 3.63) is 46.0 Å². The summed E-state index contributed by atoms with van der Waals surface area (Å²) in [6, 6.07) is 4.77. The van der Waals surface area contributed by atoms with Gasteiger partial charge in [0.25, 0.3) is 5.91 Å². The SMILES string of the molecule is O=C(NN=C1CC2C=CCC12)c1ccc(Cl)c(Cl)c1. The number of rotatable bonds is 2. The highest BCUT2D eigenvalue weighted by molar-refractivity contribution is 6.42. The van der Waals surface area contributed by atoms with Crippen LogP contribution in [0.5, 0.6) is 0 Å². The molecule has 1 saturated carbocycles. The molecule has 1 aromatic carbocycles. The lowest BCUT2D eigenvalue weighted by atomic mass is 9.74. The van der Waals surface area contributed by atoms with E-state index in [4.69, 9.17) is 23.2 Å². The Labute approximate surface area is 121 Å². The molecular weight excluding hydrogens is 283 g/mol. The summed E-state index contributed by atoms with van der Waals surface area (Å²) in [5.74, 6) is 0.857. The zero-order valence-electron chi connectivity index (χ0n) is 10.1. The van der Waals surface area contributed by atoms with Gasteiger partial charge in [-0.2, -0.15) is 5.10 Å². The lowest BCUT2D eigenvalue weighted by molar-refractivity contribution is 0.0954. The average Bonchev–Trinajstić information content (AvgIpc) is 2.74. The smallest absolute Gasteiger partial charge is 0.267 e. The molecule has 2 aliphatic rings. The van der Waals surface area contributed by atoms with Gasteiger partial charge in [-0.25, -0.2) is 5.43 Å². The molecule has 2 unspecified atom stereocenters. The van der Waals surface area contributed by atoms with Crippen molar-refractivity contribution in [2.75, 3.05) is 0 Å². The number of halogens is 2. The second-order valence-electron chi connectivity index (χ2n) is 4.81. The van der Waals surface area contributed by atoms with Crippen LogP contribution in [0, 0.1) is 11.8 Å². The first-order chi connectivity index (χ1) is 9.15. The minimum atomic E-state index is -0.263.